The van der Waals surface area contributed by atoms with Gasteiger partial charge in [-0.15, -0.1) is 0 Å². The average Bonchev–Trinajstić information content (AvgIpc) is 2.21. The second kappa shape index (κ2) is 8.28. The van der Waals surface area contributed by atoms with Crippen molar-refractivity contribution in [2.75, 3.05) is 19.7 Å². The van der Waals surface area contributed by atoms with Crippen LogP contribution in [0.15, 0.2) is 0 Å². The van der Waals surface area contributed by atoms with Crippen molar-refractivity contribution in [1.82, 2.24) is 9.03 Å². The fourth-order valence-corrected chi connectivity index (χ4v) is 2.29. The molecular formula is C10H22N2O5S. The fourth-order valence-electron chi connectivity index (χ4n) is 1.21. The van der Waals surface area contributed by atoms with Crippen molar-refractivity contribution in [3.63, 3.8) is 0 Å². The first-order valence-corrected chi connectivity index (χ1v) is 7.36. The molecule has 0 saturated carbocycles. The smallest absolute Gasteiger partial charge is 0.422 e. The Morgan fingerprint density at radius 3 is 2.44 bits per heavy atom. The van der Waals surface area contributed by atoms with Crippen molar-refractivity contribution in [2.24, 2.45) is 0 Å². The van der Waals surface area contributed by atoms with Gasteiger partial charge in [0, 0.05) is 13.1 Å². The van der Waals surface area contributed by atoms with Crippen LogP contribution in [0.4, 0.5) is 4.79 Å². The number of hydrogen-bond donors (Lipinski definition) is 2. The largest absolute Gasteiger partial charge is 0.446 e. The Kier molecular flexibility index (Phi) is 7.88. The number of carbonyl (C=O) groups excluding carboxylic acids is 1. The highest BCUT2D eigenvalue weighted by atomic mass is 32.2. The molecule has 7 nitrogen and oxygen atoms in total. The Hall–Kier alpha value is -0.860. The van der Waals surface area contributed by atoms with E-state index in [-0.39, 0.29) is 19.7 Å². The Labute approximate surface area is 108 Å². The molecular weight excluding hydrogens is 260 g/mol. The van der Waals surface area contributed by atoms with Crippen molar-refractivity contribution < 1.29 is 23.1 Å². The van der Waals surface area contributed by atoms with Crippen molar-refractivity contribution in [1.29, 1.82) is 0 Å². The van der Waals surface area contributed by atoms with E-state index in [1.54, 1.807) is 13.8 Å². The normalized spacial score (nSPS) is 11.9. The van der Waals surface area contributed by atoms with Gasteiger partial charge in [-0.25, -0.2) is 9.52 Å². The fraction of sp³-hybridized carbons (Fsp3) is 0.900. The quantitative estimate of drug-likeness (QED) is 0.674. The maximum atomic E-state index is 11.8. The first-order valence-electron chi connectivity index (χ1n) is 5.92. The molecule has 0 aliphatic rings. The van der Waals surface area contributed by atoms with E-state index in [1.807, 2.05) is 11.6 Å². The van der Waals surface area contributed by atoms with Crippen LogP contribution in [0, 0.1) is 0 Å². The van der Waals surface area contributed by atoms with Gasteiger partial charge in [-0.3, -0.25) is 0 Å². The van der Waals surface area contributed by atoms with Gasteiger partial charge in [0.25, 0.3) is 0 Å². The molecule has 8 heteroatoms. The van der Waals surface area contributed by atoms with Gasteiger partial charge >= 0.3 is 16.3 Å². The van der Waals surface area contributed by atoms with E-state index in [0.717, 1.165) is 10.7 Å². The Bertz CT molecular complexity index is 342. The molecule has 0 aromatic carbocycles. The monoisotopic (exact) mass is 282 g/mol. The van der Waals surface area contributed by atoms with Crippen molar-refractivity contribution in [3.8, 4) is 0 Å². The molecule has 0 unspecified atom stereocenters. The highest BCUT2D eigenvalue weighted by Crippen LogP contribution is 2.02. The zero-order valence-electron chi connectivity index (χ0n) is 11.0. The predicted octanol–water partition coefficient (Wildman–Crippen LogP) is 0.460. The molecule has 1 amide bonds. The van der Waals surface area contributed by atoms with Crippen LogP contribution < -0.4 is 4.72 Å². The highest BCUT2D eigenvalue weighted by molar-refractivity contribution is 7.87. The molecule has 0 bridgehead atoms. The SMILES string of the molecule is CCCCN(CCO)S(=O)(=O)NC(=O)OC(C)C. The van der Waals surface area contributed by atoms with Crippen LogP contribution in [0.5, 0.6) is 0 Å². The second-order valence-electron chi connectivity index (χ2n) is 4.04. The third-order valence-electron chi connectivity index (χ3n) is 2.01. The van der Waals surface area contributed by atoms with Gasteiger partial charge in [0.15, 0.2) is 0 Å². The summed E-state index contributed by atoms with van der Waals surface area (Å²) >= 11 is 0. The molecule has 0 aromatic heterocycles. The predicted molar refractivity (Wildman–Crippen MR) is 67.2 cm³/mol. The number of amides is 1. The van der Waals surface area contributed by atoms with Gasteiger partial charge in [0.1, 0.15) is 0 Å². The molecule has 0 spiro atoms. The zero-order valence-corrected chi connectivity index (χ0v) is 11.9. The lowest BCUT2D eigenvalue weighted by Gasteiger charge is -2.21. The van der Waals surface area contributed by atoms with Crippen LogP contribution >= 0.6 is 0 Å². The molecule has 2 N–H and O–H groups in total. The minimum absolute atomic E-state index is 0.0513. The van der Waals surface area contributed by atoms with E-state index < -0.39 is 22.4 Å². The molecule has 18 heavy (non-hydrogen) atoms. The number of nitrogens with one attached hydrogen (secondary N) is 1. The van der Waals surface area contributed by atoms with Crippen molar-refractivity contribution in [2.45, 2.75) is 39.7 Å². The van der Waals surface area contributed by atoms with Crippen LogP contribution in [-0.4, -0.2) is 49.7 Å². The van der Waals surface area contributed by atoms with E-state index in [1.165, 1.54) is 0 Å². The van der Waals surface area contributed by atoms with Gasteiger partial charge in [-0.2, -0.15) is 12.7 Å². The molecule has 0 radical (unpaired) electrons. The van der Waals surface area contributed by atoms with E-state index in [4.69, 9.17) is 9.84 Å². The minimum atomic E-state index is -3.95. The second-order valence-corrected chi connectivity index (χ2v) is 5.71. The van der Waals surface area contributed by atoms with E-state index in [0.29, 0.717) is 6.42 Å². The summed E-state index contributed by atoms with van der Waals surface area (Å²) in [5, 5.41) is 8.83. The molecule has 0 aliphatic heterocycles. The molecule has 0 aliphatic carbocycles. The molecule has 108 valence electrons. The number of ether oxygens (including phenoxy) is 1. The number of unbranched alkanes of at least 4 members (excludes halogenated alkanes) is 1. The number of nitrogens with zero attached hydrogens (tertiary/aromatic N) is 1. The van der Waals surface area contributed by atoms with Gasteiger partial charge in [-0.05, 0) is 20.3 Å². The summed E-state index contributed by atoms with van der Waals surface area (Å²) in [6.07, 6.45) is 0.0557. The Morgan fingerprint density at radius 1 is 1.39 bits per heavy atom. The third-order valence-corrected chi connectivity index (χ3v) is 3.48. The lowest BCUT2D eigenvalue weighted by atomic mass is 10.3. The standard InChI is InChI=1S/C10H22N2O5S/c1-4-5-6-12(7-8-13)18(15,16)11-10(14)17-9(2)3/h9,13H,4-8H2,1-3H3,(H,11,14). The van der Waals surface area contributed by atoms with Crippen LogP contribution in [0.1, 0.15) is 33.6 Å². The molecule has 0 saturated heterocycles. The number of aliphatic hydroxyl groups excluding tert-OH is 1. The first kappa shape index (κ1) is 17.1. The summed E-state index contributed by atoms with van der Waals surface area (Å²) in [5.41, 5.74) is 0. The number of hydrogen-bond acceptors (Lipinski definition) is 5. The zero-order chi connectivity index (χ0) is 14.2. The summed E-state index contributed by atoms with van der Waals surface area (Å²) in [6, 6.07) is 0. The number of rotatable bonds is 8. The van der Waals surface area contributed by atoms with E-state index >= 15 is 0 Å². The average molecular weight is 282 g/mol. The lowest BCUT2D eigenvalue weighted by molar-refractivity contribution is 0.120. The number of carbonyl (C=O) groups is 1. The summed E-state index contributed by atoms with van der Waals surface area (Å²) in [5.74, 6) is 0. The molecule has 0 fully saturated rings. The first-order chi connectivity index (χ1) is 8.33. The number of aliphatic hydroxyl groups is 1. The van der Waals surface area contributed by atoms with Crippen LogP contribution in [0.3, 0.4) is 0 Å². The molecule has 0 rings (SSSR count). The lowest BCUT2D eigenvalue weighted by Crippen LogP contribution is -2.45. The Balaban J connectivity index is 4.58. The highest BCUT2D eigenvalue weighted by Gasteiger charge is 2.24. The maximum Gasteiger partial charge on any atom is 0.422 e. The van der Waals surface area contributed by atoms with Crippen LogP contribution in [0.25, 0.3) is 0 Å². The van der Waals surface area contributed by atoms with Gasteiger partial charge in [-0.1, -0.05) is 13.3 Å². The summed E-state index contributed by atoms with van der Waals surface area (Å²) in [6.45, 7) is 5.06. The van der Waals surface area contributed by atoms with Crippen molar-refractivity contribution in [3.05, 3.63) is 0 Å². The Morgan fingerprint density at radius 2 is 2.00 bits per heavy atom. The summed E-state index contributed by atoms with van der Waals surface area (Å²) < 4.78 is 31.2. The van der Waals surface area contributed by atoms with E-state index in [2.05, 4.69) is 0 Å². The van der Waals surface area contributed by atoms with Crippen LogP contribution in [-0.2, 0) is 14.9 Å². The molecule has 0 atom stereocenters. The van der Waals surface area contributed by atoms with Crippen LogP contribution in [0.2, 0.25) is 0 Å². The summed E-state index contributed by atoms with van der Waals surface area (Å²) in [7, 11) is -3.95. The third kappa shape index (κ3) is 6.77. The summed E-state index contributed by atoms with van der Waals surface area (Å²) in [4.78, 5) is 11.2. The molecule has 0 heterocycles. The topological polar surface area (TPSA) is 95.9 Å². The van der Waals surface area contributed by atoms with E-state index in [9.17, 15) is 13.2 Å². The molecule has 0 aromatic rings. The van der Waals surface area contributed by atoms with Gasteiger partial charge in [0.2, 0.25) is 0 Å². The van der Waals surface area contributed by atoms with Gasteiger partial charge < -0.3 is 9.84 Å². The van der Waals surface area contributed by atoms with Crippen molar-refractivity contribution >= 4 is 16.3 Å². The minimum Gasteiger partial charge on any atom is -0.446 e. The maximum absolute atomic E-state index is 11.8. The van der Waals surface area contributed by atoms with Gasteiger partial charge in [0.05, 0.1) is 12.7 Å².